The van der Waals surface area contributed by atoms with Crippen molar-refractivity contribution in [2.45, 2.75) is 32.8 Å². The molecule has 2 unspecified atom stereocenters. The van der Waals surface area contributed by atoms with Crippen molar-refractivity contribution in [3.05, 3.63) is 35.6 Å². The van der Waals surface area contributed by atoms with Crippen LogP contribution in [0.3, 0.4) is 0 Å². The average Bonchev–Trinajstić information content (AvgIpc) is 2.36. The van der Waals surface area contributed by atoms with Crippen LogP contribution in [0.15, 0.2) is 24.3 Å². The topological polar surface area (TPSA) is 46.5 Å². The Morgan fingerprint density at radius 2 is 2.06 bits per heavy atom. The van der Waals surface area contributed by atoms with Gasteiger partial charge in [-0.25, -0.2) is 4.39 Å². The third kappa shape index (κ3) is 3.53. The summed E-state index contributed by atoms with van der Waals surface area (Å²) >= 11 is 0. The van der Waals surface area contributed by atoms with Gasteiger partial charge >= 0.3 is 5.97 Å². The van der Waals surface area contributed by atoms with Crippen LogP contribution < -0.4 is 0 Å². The van der Waals surface area contributed by atoms with Gasteiger partial charge in [0.15, 0.2) is 0 Å². The first-order valence-electron chi connectivity index (χ1n) is 6.20. The Balaban J connectivity index is 2.92. The number of halogens is 1. The van der Waals surface area contributed by atoms with E-state index in [-0.39, 0.29) is 12.2 Å². The summed E-state index contributed by atoms with van der Waals surface area (Å²) in [6.07, 6.45) is 0.0220. The molecule has 0 saturated heterocycles. The number of esters is 1. The molecule has 18 heavy (non-hydrogen) atoms. The molecule has 0 radical (unpaired) electrons. The Kier molecular flexibility index (Phi) is 5.78. The monoisotopic (exact) mass is 254 g/mol. The van der Waals surface area contributed by atoms with Crippen molar-refractivity contribution in [1.82, 2.24) is 0 Å². The summed E-state index contributed by atoms with van der Waals surface area (Å²) in [7, 11) is 0. The normalized spacial score (nSPS) is 14.0. The molecule has 0 aromatic heterocycles. The lowest BCUT2D eigenvalue weighted by atomic mass is 9.91. The molecule has 1 rings (SSSR count). The fourth-order valence-corrected chi connectivity index (χ4v) is 1.90. The van der Waals surface area contributed by atoms with Crippen LogP contribution in [-0.4, -0.2) is 17.7 Å². The molecular weight excluding hydrogens is 235 g/mol. The van der Waals surface area contributed by atoms with Crippen LogP contribution in [0.5, 0.6) is 0 Å². The maximum Gasteiger partial charge on any atom is 0.311 e. The van der Waals surface area contributed by atoms with Crippen LogP contribution in [-0.2, 0) is 9.53 Å². The van der Waals surface area contributed by atoms with E-state index in [1.54, 1.807) is 19.1 Å². The highest BCUT2D eigenvalue weighted by molar-refractivity contribution is 5.73. The molecular formula is C14H19FO3. The Labute approximate surface area is 107 Å². The lowest BCUT2D eigenvalue weighted by molar-refractivity contribution is -0.152. The van der Waals surface area contributed by atoms with Gasteiger partial charge in [-0.3, -0.25) is 4.79 Å². The van der Waals surface area contributed by atoms with Crippen molar-refractivity contribution < 1.29 is 19.0 Å². The van der Waals surface area contributed by atoms with Gasteiger partial charge in [0.1, 0.15) is 5.82 Å². The van der Waals surface area contributed by atoms with Crippen molar-refractivity contribution in [2.24, 2.45) is 5.92 Å². The van der Waals surface area contributed by atoms with E-state index in [0.717, 1.165) is 6.42 Å². The molecule has 3 nitrogen and oxygen atoms in total. The molecule has 1 aromatic carbocycles. The van der Waals surface area contributed by atoms with Gasteiger partial charge < -0.3 is 9.84 Å². The number of carbonyl (C=O) groups excluding carboxylic acids is 1. The van der Waals surface area contributed by atoms with Gasteiger partial charge in [0.25, 0.3) is 0 Å². The highest BCUT2D eigenvalue weighted by atomic mass is 19.1. The van der Waals surface area contributed by atoms with E-state index in [0.29, 0.717) is 6.42 Å². The Morgan fingerprint density at radius 3 is 2.61 bits per heavy atom. The van der Waals surface area contributed by atoms with Gasteiger partial charge in [0.2, 0.25) is 0 Å². The van der Waals surface area contributed by atoms with E-state index in [9.17, 15) is 14.3 Å². The van der Waals surface area contributed by atoms with E-state index in [2.05, 4.69) is 0 Å². The SMILES string of the molecule is CCCC(C(=O)OCC)C(O)c1ccccc1F. The zero-order valence-corrected chi connectivity index (χ0v) is 10.7. The fraction of sp³-hybridized carbons (Fsp3) is 0.500. The number of aliphatic hydroxyl groups is 1. The molecule has 0 fully saturated rings. The van der Waals surface area contributed by atoms with Crippen LogP contribution in [0.25, 0.3) is 0 Å². The molecule has 0 amide bonds. The third-order valence-corrected chi connectivity index (χ3v) is 2.79. The molecule has 2 atom stereocenters. The summed E-state index contributed by atoms with van der Waals surface area (Å²) in [5.41, 5.74) is 0.143. The summed E-state index contributed by atoms with van der Waals surface area (Å²) in [4.78, 5) is 11.8. The van der Waals surface area contributed by atoms with Crippen molar-refractivity contribution in [3.8, 4) is 0 Å². The molecule has 1 N–H and O–H groups in total. The molecule has 0 bridgehead atoms. The smallest absolute Gasteiger partial charge is 0.311 e. The van der Waals surface area contributed by atoms with Crippen LogP contribution >= 0.6 is 0 Å². The Bertz CT molecular complexity index is 392. The zero-order chi connectivity index (χ0) is 13.5. The lowest BCUT2D eigenvalue weighted by Gasteiger charge is -2.21. The number of benzene rings is 1. The van der Waals surface area contributed by atoms with Crippen molar-refractivity contribution in [2.75, 3.05) is 6.61 Å². The van der Waals surface area contributed by atoms with Crippen molar-refractivity contribution in [3.63, 3.8) is 0 Å². The van der Waals surface area contributed by atoms with Crippen molar-refractivity contribution >= 4 is 5.97 Å². The molecule has 0 heterocycles. The lowest BCUT2D eigenvalue weighted by Crippen LogP contribution is -2.25. The molecule has 0 aliphatic rings. The number of hydrogen-bond acceptors (Lipinski definition) is 3. The van der Waals surface area contributed by atoms with E-state index < -0.39 is 23.8 Å². The van der Waals surface area contributed by atoms with E-state index >= 15 is 0 Å². The van der Waals surface area contributed by atoms with Gasteiger partial charge in [-0.15, -0.1) is 0 Å². The largest absolute Gasteiger partial charge is 0.466 e. The molecule has 0 spiro atoms. The molecule has 0 aliphatic carbocycles. The minimum absolute atomic E-state index is 0.143. The van der Waals surface area contributed by atoms with E-state index in [4.69, 9.17) is 4.74 Å². The van der Waals surface area contributed by atoms with Gasteiger partial charge in [-0.2, -0.15) is 0 Å². The quantitative estimate of drug-likeness (QED) is 0.794. The number of ether oxygens (including phenoxy) is 1. The fourth-order valence-electron chi connectivity index (χ4n) is 1.90. The van der Waals surface area contributed by atoms with Crippen molar-refractivity contribution in [1.29, 1.82) is 0 Å². The average molecular weight is 254 g/mol. The van der Waals surface area contributed by atoms with Crippen LogP contribution in [0.4, 0.5) is 4.39 Å². The van der Waals surface area contributed by atoms with Crippen LogP contribution in [0.2, 0.25) is 0 Å². The zero-order valence-electron chi connectivity index (χ0n) is 10.7. The predicted molar refractivity (Wildman–Crippen MR) is 66.4 cm³/mol. The minimum atomic E-state index is -1.16. The second-order valence-electron chi connectivity index (χ2n) is 4.11. The molecule has 1 aromatic rings. The maximum absolute atomic E-state index is 13.6. The third-order valence-electron chi connectivity index (χ3n) is 2.79. The maximum atomic E-state index is 13.6. The van der Waals surface area contributed by atoms with E-state index in [1.807, 2.05) is 6.92 Å². The number of hydrogen-bond donors (Lipinski definition) is 1. The second kappa shape index (κ2) is 7.11. The Morgan fingerprint density at radius 1 is 1.39 bits per heavy atom. The summed E-state index contributed by atoms with van der Waals surface area (Å²) < 4.78 is 18.5. The van der Waals surface area contributed by atoms with E-state index in [1.165, 1.54) is 12.1 Å². The van der Waals surface area contributed by atoms with Crippen LogP contribution in [0, 0.1) is 11.7 Å². The first-order chi connectivity index (χ1) is 8.61. The molecule has 0 aliphatic heterocycles. The summed E-state index contributed by atoms with van der Waals surface area (Å²) in [6.45, 7) is 3.86. The second-order valence-corrected chi connectivity index (χ2v) is 4.11. The number of carbonyl (C=O) groups is 1. The standard InChI is InChI=1S/C14H19FO3/c1-3-7-11(14(17)18-4-2)13(16)10-8-5-6-9-12(10)15/h5-6,8-9,11,13,16H,3-4,7H2,1-2H3. The summed E-state index contributed by atoms with van der Waals surface area (Å²) in [5, 5.41) is 10.1. The molecule has 0 saturated carbocycles. The number of aliphatic hydroxyl groups excluding tert-OH is 1. The van der Waals surface area contributed by atoms with Gasteiger partial charge in [-0.1, -0.05) is 31.5 Å². The summed E-state index contributed by atoms with van der Waals surface area (Å²) in [6, 6.07) is 5.94. The molecule has 100 valence electrons. The molecule has 4 heteroatoms. The first kappa shape index (κ1) is 14.6. The van der Waals surface area contributed by atoms with Gasteiger partial charge in [-0.05, 0) is 19.4 Å². The van der Waals surface area contributed by atoms with Crippen LogP contribution in [0.1, 0.15) is 38.4 Å². The summed E-state index contributed by atoms with van der Waals surface area (Å²) in [5.74, 6) is -1.70. The van der Waals surface area contributed by atoms with Gasteiger partial charge in [0, 0.05) is 5.56 Å². The highest BCUT2D eigenvalue weighted by Gasteiger charge is 2.29. The number of rotatable bonds is 6. The van der Waals surface area contributed by atoms with Gasteiger partial charge in [0.05, 0.1) is 18.6 Å². The highest BCUT2D eigenvalue weighted by Crippen LogP contribution is 2.28. The first-order valence-corrected chi connectivity index (χ1v) is 6.20. The minimum Gasteiger partial charge on any atom is -0.466 e. The Hall–Kier alpha value is -1.42. The predicted octanol–water partition coefficient (Wildman–Crippen LogP) is 2.84.